The van der Waals surface area contributed by atoms with Gasteiger partial charge in [-0.3, -0.25) is 19.2 Å². The predicted octanol–water partition coefficient (Wildman–Crippen LogP) is 3.34. The van der Waals surface area contributed by atoms with Crippen molar-refractivity contribution in [3.05, 3.63) is 133 Å². The fourth-order valence-electron chi connectivity index (χ4n) is 3.81. The monoisotopic (exact) mass is 556 g/mol. The summed E-state index contributed by atoms with van der Waals surface area (Å²) >= 11 is 0. The molecule has 2 aliphatic carbocycles. The summed E-state index contributed by atoms with van der Waals surface area (Å²) in [4.78, 5) is 48.2. The molecule has 0 saturated carbocycles. The Balaban J connectivity index is 1.50. The molecule has 41 heavy (non-hydrogen) atoms. The first-order valence-electron chi connectivity index (χ1n) is 13.0. The number of rotatable bonds is 12. The number of epoxide rings is 1. The lowest BCUT2D eigenvalue weighted by atomic mass is 9.88. The maximum absolute atomic E-state index is 12.5. The Morgan fingerprint density at radius 3 is 1.93 bits per heavy atom. The quantitative estimate of drug-likeness (QED) is 0.164. The first-order chi connectivity index (χ1) is 19.7. The topological polar surface area (TPSA) is 145 Å². The maximum atomic E-state index is 12.5. The van der Waals surface area contributed by atoms with Crippen molar-refractivity contribution < 1.29 is 34.1 Å². The van der Waals surface area contributed by atoms with Crippen LogP contribution in [0.2, 0.25) is 0 Å². The molecule has 9 heteroatoms. The first-order valence-corrected chi connectivity index (χ1v) is 13.0. The van der Waals surface area contributed by atoms with Crippen LogP contribution in [0.4, 0.5) is 0 Å². The Morgan fingerprint density at radius 2 is 1.37 bits per heavy atom. The molecule has 0 aromatic heterocycles. The minimum atomic E-state index is -1.58. The fourth-order valence-corrected chi connectivity index (χ4v) is 3.81. The molecule has 0 bridgehead atoms. The molecule has 1 fully saturated rings. The lowest BCUT2D eigenvalue weighted by Crippen LogP contribution is -2.42. The second kappa shape index (κ2) is 15.1. The van der Waals surface area contributed by atoms with Crippen molar-refractivity contribution >= 4 is 23.4 Å². The number of nitrogens with one attached hydrogen (secondary N) is 2. The number of Topliss-reactive ketones (excluding diaryl/α,β-unsaturated/α-hetero) is 2. The van der Waals surface area contributed by atoms with Crippen LogP contribution in [0.25, 0.3) is 0 Å². The molecule has 3 aliphatic rings. The normalized spacial score (nSPS) is 25.2. The summed E-state index contributed by atoms with van der Waals surface area (Å²) < 4.78 is 5.35. The molecule has 4 N–H and O–H groups in total. The number of hydrogen-bond acceptors (Lipinski definition) is 7. The molecule has 3 atom stereocenters. The molecule has 0 spiro atoms. The third kappa shape index (κ3) is 9.38. The molecule has 1 saturated heterocycles. The number of hydrogen-bond donors (Lipinski definition) is 4. The van der Waals surface area contributed by atoms with E-state index in [9.17, 15) is 29.4 Å². The van der Waals surface area contributed by atoms with E-state index in [1.54, 1.807) is 48.6 Å². The molecular formula is C32H32N2O7. The number of allylic oxidation sites excluding steroid dienone is 17. The van der Waals surface area contributed by atoms with Crippen LogP contribution in [-0.4, -0.2) is 51.4 Å². The van der Waals surface area contributed by atoms with Gasteiger partial charge in [-0.15, -0.1) is 0 Å². The van der Waals surface area contributed by atoms with Crippen molar-refractivity contribution in [2.45, 2.75) is 37.6 Å². The number of amides is 2. The van der Waals surface area contributed by atoms with Crippen LogP contribution < -0.4 is 10.6 Å². The number of carbonyl (C=O) groups excluding carboxylic acids is 4. The molecule has 1 aliphatic heterocycles. The minimum Gasteiger partial charge on any atom is -0.510 e. The van der Waals surface area contributed by atoms with Crippen LogP contribution in [0.15, 0.2) is 133 Å². The maximum Gasteiger partial charge on any atom is 0.248 e. The largest absolute Gasteiger partial charge is 0.510 e. The zero-order chi connectivity index (χ0) is 29.7. The van der Waals surface area contributed by atoms with Crippen LogP contribution >= 0.6 is 0 Å². The molecule has 1 heterocycles. The number of ether oxygens (including phenoxy) is 1. The number of aliphatic hydroxyl groups excluding tert-OH is 1. The number of fused-ring (bicyclic) bond motifs is 1. The van der Waals surface area contributed by atoms with E-state index in [2.05, 4.69) is 10.6 Å². The fraction of sp³-hybridized carbons (Fsp3) is 0.188. The van der Waals surface area contributed by atoms with Crippen LogP contribution in [0.1, 0.15) is 19.8 Å². The van der Waals surface area contributed by atoms with Gasteiger partial charge in [-0.1, -0.05) is 91.1 Å². The van der Waals surface area contributed by atoms with Crippen molar-refractivity contribution in [1.29, 1.82) is 0 Å². The van der Waals surface area contributed by atoms with E-state index in [0.717, 1.165) is 0 Å². The molecule has 9 nitrogen and oxygen atoms in total. The van der Waals surface area contributed by atoms with E-state index in [0.29, 0.717) is 0 Å². The highest BCUT2D eigenvalue weighted by atomic mass is 16.6. The number of ketones is 2. The van der Waals surface area contributed by atoms with Gasteiger partial charge >= 0.3 is 0 Å². The molecule has 0 unspecified atom stereocenters. The summed E-state index contributed by atoms with van der Waals surface area (Å²) in [7, 11) is 0. The SMILES string of the molecule is C/C=C/C=C\C=C\C=C\C=C\C(=O)NC1=C[C@@](O)(/C=C/C=C/C=C/C=CC(=O)NC2=C(O)CCC2=O)[C@H]2O[C@H]2C1=O. The second-order valence-corrected chi connectivity index (χ2v) is 9.04. The third-order valence-corrected chi connectivity index (χ3v) is 5.89. The van der Waals surface area contributed by atoms with Crippen molar-refractivity contribution in [3.63, 3.8) is 0 Å². The summed E-state index contributed by atoms with van der Waals surface area (Å²) in [6.45, 7) is 1.93. The Bertz CT molecular complexity index is 1380. The van der Waals surface area contributed by atoms with Crippen LogP contribution in [0.3, 0.4) is 0 Å². The van der Waals surface area contributed by atoms with Gasteiger partial charge in [0.25, 0.3) is 0 Å². The van der Waals surface area contributed by atoms with Crippen LogP contribution in [0.5, 0.6) is 0 Å². The van der Waals surface area contributed by atoms with Crippen molar-refractivity contribution in [2.75, 3.05) is 0 Å². The van der Waals surface area contributed by atoms with E-state index in [4.69, 9.17) is 4.74 Å². The summed E-state index contributed by atoms with van der Waals surface area (Å²) in [6, 6.07) is 0. The molecule has 3 rings (SSSR count). The van der Waals surface area contributed by atoms with Gasteiger partial charge in [0.05, 0.1) is 5.70 Å². The third-order valence-electron chi connectivity index (χ3n) is 5.89. The van der Waals surface area contributed by atoms with Crippen molar-refractivity contribution in [1.82, 2.24) is 10.6 Å². The molecule has 212 valence electrons. The van der Waals surface area contributed by atoms with Crippen molar-refractivity contribution in [3.8, 4) is 0 Å². The van der Waals surface area contributed by atoms with E-state index in [1.165, 1.54) is 36.5 Å². The van der Waals surface area contributed by atoms with E-state index in [1.807, 2.05) is 37.3 Å². The second-order valence-electron chi connectivity index (χ2n) is 9.04. The zero-order valence-corrected chi connectivity index (χ0v) is 22.5. The predicted molar refractivity (Wildman–Crippen MR) is 155 cm³/mol. The molecule has 0 aromatic rings. The average Bonchev–Trinajstić information content (AvgIpc) is 3.71. The van der Waals surface area contributed by atoms with Gasteiger partial charge in [-0.25, -0.2) is 0 Å². The lowest BCUT2D eigenvalue weighted by Gasteiger charge is -2.23. The van der Waals surface area contributed by atoms with Gasteiger partial charge in [-0.05, 0) is 19.1 Å². The van der Waals surface area contributed by atoms with Crippen LogP contribution in [0, 0.1) is 0 Å². The highest BCUT2D eigenvalue weighted by Gasteiger charge is 2.59. The summed E-state index contributed by atoms with van der Waals surface area (Å²) in [5.74, 6) is -1.88. The van der Waals surface area contributed by atoms with Gasteiger partial charge in [0, 0.05) is 25.0 Å². The number of aliphatic hydroxyl groups is 2. The van der Waals surface area contributed by atoms with Gasteiger partial charge in [-0.2, -0.15) is 0 Å². The van der Waals surface area contributed by atoms with E-state index >= 15 is 0 Å². The molecular weight excluding hydrogens is 524 g/mol. The standard InChI is InChI=1S/C32H32N2O7/c1-2-3-4-5-6-7-8-11-14-17-26(37)33-23-22-32(40,31-30(41-31)29(23)39)21-16-13-10-9-12-15-18-27(38)34-28-24(35)19-20-25(28)36/h2-18,21-22,30-31,35,40H,19-20H2,1H3,(H,33,37)(H,34,38)/b3-2+,5-4-,7-6+,11-8+,12-9+,13-10+,17-14+,18-15?,21-16+/t30-,31-,32-/m0/s1. The van der Waals surface area contributed by atoms with Crippen LogP contribution in [-0.2, 0) is 23.9 Å². The van der Waals surface area contributed by atoms with Gasteiger partial charge < -0.3 is 25.6 Å². The first kappa shape index (κ1) is 30.7. The van der Waals surface area contributed by atoms with Gasteiger partial charge in [0.1, 0.15) is 23.2 Å². The van der Waals surface area contributed by atoms with Gasteiger partial charge in [0.15, 0.2) is 11.9 Å². The Labute approximate surface area is 238 Å². The Kier molecular flexibility index (Phi) is 11.3. The Morgan fingerprint density at radius 1 is 0.829 bits per heavy atom. The highest BCUT2D eigenvalue weighted by molar-refractivity contribution is 6.06. The van der Waals surface area contributed by atoms with Crippen molar-refractivity contribution in [2.24, 2.45) is 0 Å². The summed E-state index contributed by atoms with van der Waals surface area (Å²) in [5, 5.41) is 25.5. The molecule has 2 amide bonds. The van der Waals surface area contributed by atoms with E-state index < -0.39 is 35.4 Å². The van der Waals surface area contributed by atoms with E-state index in [-0.39, 0.29) is 35.8 Å². The summed E-state index contributed by atoms with van der Waals surface area (Å²) in [6.07, 6.45) is 29.8. The highest BCUT2D eigenvalue weighted by Crippen LogP contribution is 2.40. The number of carbonyl (C=O) groups is 4. The molecule has 0 radical (unpaired) electrons. The lowest BCUT2D eigenvalue weighted by molar-refractivity contribution is -0.121. The summed E-state index contributed by atoms with van der Waals surface area (Å²) in [5.41, 5.74) is -1.68. The molecule has 0 aromatic carbocycles. The average molecular weight is 557 g/mol. The minimum absolute atomic E-state index is 0.0424. The Hall–Kier alpha value is -4.86. The van der Waals surface area contributed by atoms with Gasteiger partial charge in [0.2, 0.25) is 17.6 Å². The zero-order valence-electron chi connectivity index (χ0n) is 22.5. The smallest absolute Gasteiger partial charge is 0.248 e.